The van der Waals surface area contributed by atoms with E-state index in [0.717, 1.165) is 18.3 Å². The second-order valence-electron chi connectivity index (χ2n) is 7.84. The van der Waals surface area contributed by atoms with Crippen molar-refractivity contribution in [1.29, 1.82) is 0 Å². The molecule has 2 heterocycles. The van der Waals surface area contributed by atoms with Gasteiger partial charge < -0.3 is 15.2 Å². The minimum absolute atomic E-state index is 0.0820. The lowest BCUT2D eigenvalue weighted by atomic mass is 9.82. The molecule has 2 saturated carbocycles. The Balaban J connectivity index is 1.44. The summed E-state index contributed by atoms with van der Waals surface area (Å²) in [7, 11) is 0. The van der Waals surface area contributed by atoms with Gasteiger partial charge in [0.2, 0.25) is 0 Å². The van der Waals surface area contributed by atoms with Crippen molar-refractivity contribution in [1.82, 2.24) is 20.2 Å². The predicted molar refractivity (Wildman–Crippen MR) is 93.3 cm³/mol. The summed E-state index contributed by atoms with van der Waals surface area (Å²) in [6.45, 7) is 2.92. The van der Waals surface area contributed by atoms with Crippen LogP contribution in [0, 0.1) is 17.8 Å². The van der Waals surface area contributed by atoms with Gasteiger partial charge in [-0.05, 0) is 49.9 Å². The topological polar surface area (TPSA) is 98.1 Å². The van der Waals surface area contributed by atoms with Gasteiger partial charge in [-0.1, -0.05) is 13.3 Å². The van der Waals surface area contributed by atoms with Crippen LogP contribution in [0.15, 0.2) is 9.59 Å². The van der Waals surface area contributed by atoms with Gasteiger partial charge in [-0.2, -0.15) is 0 Å². The molecule has 4 rings (SSSR count). The maximum absolute atomic E-state index is 12.7. The number of aromatic nitrogens is 2. The second-order valence-corrected chi connectivity index (χ2v) is 7.84. The predicted octanol–water partition coefficient (Wildman–Crippen LogP) is 1.35. The standard InChI is InChI=1S/C18H26N4O3/c1-2-14(13-8-10-3-4-11(13)7-10)20-18(25)22-6-5-12-15(9-22)19-17(24)21-16(12)23/h10-11,13-14H,2-9H2,1H3,(H,20,25)(H2,19,21,23,24). The molecule has 0 radical (unpaired) electrons. The lowest BCUT2D eigenvalue weighted by Gasteiger charge is -2.34. The number of H-pyrrole nitrogens is 2. The van der Waals surface area contributed by atoms with E-state index in [1.165, 1.54) is 25.7 Å². The molecular weight excluding hydrogens is 320 g/mol. The molecule has 1 aromatic heterocycles. The Kier molecular flexibility index (Phi) is 4.17. The lowest BCUT2D eigenvalue weighted by Crippen LogP contribution is -2.50. The zero-order valence-corrected chi connectivity index (χ0v) is 14.6. The Labute approximate surface area is 146 Å². The molecule has 4 unspecified atom stereocenters. The Hall–Kier alpha value is -2.05. The third-order valence-electron chi connectivity index (χ3n) is 6.46. The highest BCUT2D eigenvalue weighted by molar-refractivity contribution is 5.74. The maximum atomic E-state index is 12.7. The summed E-state index contributed by atoms with van der Waals surface area (Å²) in [4.78, 5) is 42.7. The van der Waals surface area contributed by atoms with Crippen molar-refractivity contribution < 1.29 is 4.79 Å². The number of rotatable bonds is 3. The number of carbonyl (C=O) groups excluding carboxylic acids is 1. The van der Waals surface area contributed by atoms with Crippen LogP contribution < -0.4 is 16.6 Å². The molecule has 25 heavy (non-hydrogen) atoms. The first-order valence-corrected chi connectivity index (χ1v) is 9.45. The SMILES string of the molecule is CCC(NC(=O)N1CCc2c([nH]c(=O)[nH]c2=O)C1)C1CC2CCC1C2. The van der Waals surface area contributed by atoms with Gasteiger partial charge in [-0.3, -0.25) is 9.78 Å². The lowest BCUT2D eigenvalue weighted by molar-refractivity contribution is 0.172. The van der Waals surface area contributed by atoms with Crippen LogP contribution >= 0.6 is 0 Å². The molecule has 0 spiro atoms. The molecule has 1 aliphatic heterocycles. The van der Waals surface area contributed by atoms with Crippen molar-refractivity contribution in [2.75, 3.05) is 6.54 Å². The molecule has 7 heteroatoms. The molecule has 7 nitrogen and oxygen atoms in total. The van der Waals surface area contributed by atoms with E-state index in [4.69, 9.17) is 0 Å². The van der Waals surface area contributed by atoms with E-state index in [2.05, 4.69) is 22.2 Å². The smallest absolute Gasteiger partial charge is 0.325 e. The average Bonchev–Trinajstić information content (AvgIpc) is 3.22. The monoisotopic (exact) mass is 346 g/mol. The normalized spacial score (nSPS) is 28.7. The minimum Gasteiger partial charge on any atom is -0.335 e. The van der Waals surface area contributed by atoms with E-state index in [1.807, 2.05) is 0 Å². The highest BCUT2D eigenvalue weighted by Gasteiger charge is 2.43. The first kappa shape index (κ1) is 16.4. The number of aromatic amines is 2. The number of nitrogens with zero attached hydrogens (tertiary/aromatic N) is 1. The van der Waals surface area contributed by atoms with E-state index in [1.54, 1.807) is 4.90 Å². The Morgan fingerprint density at radius 3 is 2.80 bits per heavy atom. The summed E-state index contributed by atoms with van der Waals surface area (Å²) in [6, 6.07) is 0.142. The molecule has 0 saturated heterocycles. The molecule has 3 N–H and O–H groups in total. The quantitative estimate of drug-likeness (QED) is 0.770. The number of nitrogens with one attached hydrogen (secondary N) is 3. The molecule has 1 aromatic rings. The molecule has 4 atom stereocenters. The van der Waals surface area contributed by atoms with E-state index in [-0.39, 0.29) is 24.2 Å². The maximum Gasteiger partial charge on any atom is 0.325 e. The summed E-state index contributed by atoms with van der Waals surface area (Å²) in [6.07, 6.45) is 6.66. The van der Waals surface area contributed by atoms with Crippen molar-refractivity contribution in [3.05, 3.63) is 32.1 Å². The van der Waals surface area contributed by atoms with Crippen molar-refractivity contribution in [3.63, 3.8) is 0 Å². The average molecular weight is 346 g/mol. The summed E-state index contributed by atoms with van der Waals surface area (Å²) in [5.74, 6) is 2.24. The van der Waals surface area contributed by atoms with E-state index >= 15 is 0 Å². The van der Waals surface area contributed by atoms with Crippen LogP contribution in [0.5, 0.6) is 0 Å². The van der Waals surface area contributed by atoms with Gasteiger partial charge >= 0.3 is 11.7 Å². The first-order chi connectivity index (χ1) is 12.0. The number of carbonyl (C=O) groups is 1. The van der Waals surface area contributed by atoms with E-state index in [9.17, 15) is 14.4 Å². The fraction of sp³-hybridized carbons (Fsp3) is 0.722. The number of urea groups is 1. The third-order valence-corrected chi connectivity index (χ3v) is 6.46. The van der Waals surface area contributed by atoms with Crippen LogP contribution in [-0.4, -0.2) is 33.5 Å². The Morgan fingerprint density at radius 1 is 1.28 bits per heavy atom. The van der Waals surface area contributed by atoms with Crippen molar-refractivity contribution >= 4 is 6.03 Å². The Bertz CT molecular complexity index is 783. The van der Waals surface area contributed by atoms with Crippen LogP contribution in [0.4, 0.5) is 4.79 Å². The van der Waals surface area contributed by atoms with E-state index < -0.39 is 5.69 Å². The van der Waals surface area contributed by atoms with Crippen LogP contribution in [0.1, 0.15) is 50.3 Å². The number of hydrogen-bond donors (Lipinski definition) is 3. The molecular formula is C18H26N4O3. The molecule has 2 bridgehead atoms. The van der Waals surface area contributed by atoms with Gasteiger partial charge in [0.25, 0.3) is 5.56 Å². The van der Waals surface area contributed by atoms with Gasteiger partial charge in [-0.25, -0.2) is 9.59 Å². The highest BCUT2D eigenvalue weighted by Crippen LogP contribution is 2.49. The minimum atomic E-state index is -0.514. The molecule has 136 valence electrons. The van der Waals surface area contributed by atoms with Crippen molar-refractivity contribution in [2.24, 2.45) is 17.8 Å². The van der Waals surface area contributed by atoms with Crippen LogP contribution in [0.3, 0.4) is 0 Å². The zero-order chi connectivity index (χ0) is 17.6. The van der Waals surface area contributed by atoms with Crippen molar-refractivity contribution in [3.8, 4) is 0 Å². The van der Waals surface area contributed by atoms with Crippen molar-refractivity contribution in [2.45, 2.75) is 58.0 Å². The van der Waals surface area contributed by atoms with Gasteiger partial charge in [0.15, 0.2) is 0 Å². The summed E-state index contributed by atoms with van der Waals surface area (Å²) >= 11 is 0. The highest BCUT2D eigenvalue weighted by atomic mass is 16.2. The van der Waals surface area contributed by atoms with Crippen LogP contribution in [0.25, 0.3) is 0 Å². The van der Waals surface area contributed by atoms with Gasteiger partial charge in [-0.15, -0.1) is 0 Å². The summed E-state index contributed by atoms with van der Waals surface area (Å²) in [5.41, 5.74) is 0.290. The molecule has 0 aromatic carbocycles. The molecule has 2 amide bonds. The fourth-order valence-electron chi connectivity index (χ4n) is 5.20. The van der Waals surface area contributed by atoms with Gasteiger partial charge in [0.05, 0.1) is 6.54 Å². The first-order valence-electron chi connectivity index (χ1n) is 9.45. The molecule has 2 aliphatic carbocycles. The zero-order valence-electron chi connectivity index (χ0n) is 14.6. The largest absolute Gasteiger partial charge is 0.335 e. The van der Waals surface area contributed by atoms with Gasteiger partial charge in [0, 0.05) is 23.8 Å². The molecule has 2 fully saturated rings. The third kappa shape index (κ3) is 3.00. The van der Waals surface area contributed by atoms with Crippen LogP contribution in [0.2, 0.25) is 0 Å². The number of fused-ring (bicyclic) bond motifs is 3. The Morgan fingerprint density at radius 2 is 2.12 bits per heavy atom. The molecule has 3 aliphatic rings. The summed E-state index contributed by atoms with van der Waals surface area (Å²) < 4.78 is 0. The number of amides is 2. The fourth-order valence-corrected chi connectivity index (χ4v) is 5.20. The van der Waals surface area contributed by atoms with Gasteiger partial charge in [0.1, 0.15) is 0 Å². The number of hydrogen-bond acceptors (Lipinski definition) is 3. The van der Waals surface area contributed by atoms with Crippen LogP contribution in [-0.2, 0) is 13.0 Å². The summed E-state index contributed by atoms with van der Waals surface area (Å²) in [5, 5.41) is 3.23. The second kappa shape index (κ2) is 6.35. The van der Waals surface area contributed by atoms with E-state index in [0.29, 0.717) is 30.1 Å².